The molecule has 0 radical (unpaired) electrons. The first-order valence-corrected chi connectivity index (χ1v) is 7.38. The van der Waals surface area contributed by atoms with Gasteiger partial charge in [-0.25, -0.2) is 4.39 Å². The summed E-state index contributed by atoms with van der Waals surface area (Å²) in [5.41, 5.74) is 1.70. The molecule has 0 aliphatic rings. The molecule has 0 unspecified atom stereocenters. The number of hydrogen-bond donors (Lipinski definition) is 0. The number of methoxy groups -OCH3 is 1. The lowest BCUT2D eigenvalue weighted by Gasteiger charge is -2.05. The summed E-state index contributed by atoms with van der Waals surface area (Å²) in [5.74, 6) is 1.25. The van der Waals surface area contributed by atoms with E-state index in [4.69, 9.17) is 4.74 Å². The molecule has 0 N–H and O–H groups in total. The SMILES string of the molecule is COc1cccc(C[S@@](=O)Cc2cccc(F)c2)c1. The Labute approximate surface area is 114 Å². The van der Waals surface area contributed by atoms with Gasteiger partial charge in [-0.2, -0.15) is 0 Å². The van der Waals surface area contributed by atoms with Crippen molar-refractivity contribution in [2.45, 2.75) is 11.5 Å². The second-order valence-electron chi connectivity index (χ2n) is 4.21. The maximum Gasteiger partial charge on any atom is 0.123 e. The van der Waals surface area contributed by atoms with Crippen LogP contribution in [-0.4, -0.2) is 11.3 Å². The minimum Gasteiger partial charge on any atom is -0.497 e. The largest absolute Gasteiger partial charge is 0.497 e. The zero-order chi connectivity index (χ0) is 13.7. The van der Waals surface area contributed by atoms with Gasteiger partial charge in [-0.3, -0.25) is 4.21 Å². The fourth-order valence-corrected chi connectivity index (χ4v) is 3.02. The Kier molecular flexibility index (Phi) is 4.68. The van der Waals surface area contributed by atoms with E-state index >= 15 is 0 Å². The van der Waals surface area contributed by atoms with Gasteiger partial charge in [0.15, 0.2) is 0 Å². The van der Waals surface area contributed by atoms with E-state index in [1.807, 2.05) is 24.3 Å². The normalized spacial score (nSPS) is 12.1. The minimum absolute atomic E-state index is 0.295. The third kappa shape index (κ3) is 4.17. The third-order valence-corrected chi connectivity index (χ3v) is 3.99. The van der Waals surface area contributed by atoms with Crippen LogP contribution in [0, 0.1) is 5.82 Å². The van der Waals surface area contributed by atoms with Crippen LogP contribution in [0.1, 0.15) is 11.1 Å². The van der Waals surface area contributed by atoms with E-state index in [1.165, 1.54) is 12.1 Å². The van der Waals surface area contributed by atoms with Crippen LogP contribution >= 0.6 is 0 Å². The fourth-order valence-electron chi connectivity index (χ4n) is 1.81. The first-order chi connectivity index (χ1) is 9.17. The second kappa shape index (κ2) is 6.48. The van der Waals surface area contributed by atoms with E-state index in [0.29, 0.717) is 11.5 Å². The lowest BCUT2D eigenvalue weighted by atomic mass is 10.2. The molecule has 100 valence electrons. The molecule has 0 saturated heterocycles. The highest BCUT2D eigenvalue weighted by molar-refractivity contribution is 7.83. The molecule has 2 aromatic rings. The van der Waals surface area contributed by atoms with E-state index in [0.717, 1.165) is 16.9 Å². The summed E-state index contributed by atoms with van der Waals surface area (Å²) in [6.07, 6.45) is 0. The van der Waals surface area contributed by atoms with E-state index in [9.17, 15) is 8.60 Å². The van der Waals surface area contributed by atoms with Crippen LogP contribution in [0.4, 0.5) is 4.39 Å². The summed E-state index contributed by atoms with van der Waals surface area (Å²) in [5, 5.41) is 0. The van der Waals surface area contributed by atoms with Crippen LogP contribution in [0.3, 0.4) is 0 Å². The van der Waals surface area contributed by atoms with Gasteiger partial charge in [-0.15, -0.1) is 0 Å². The third-order valence-electron chi connectivity index (χ3n) is 2.68. The van der Waals surface area contributed by atoms with Gasteiger partial charge in [0.2, 0.25) is 0 Å². The lowest BCUT2D eigenvalue weighted by molar-refractivity contribution is 0.414. The average molecular weight is 278 g/mol. The van der Waals surface area contributed by atoms with Gasteiger partial charge >= 0.3 is 0 Å². The monoisotopic (exact) mass is 278 g/mol. The first-order valence-electron chi connectivity index (χ1n) is 5.90. The summed E-state index contributed by atoms with van der Waals surface area (Å²) in [6, 6.07) is 13.7. The quantitative estimate of drug-likeness (QED) is 0.839. The summed E-state index contributed by atoms with van der Waals surface area (Å²) >= 11 is 0. The van der Waals surface area contributed by atoms with Gasteiger partial charge in [0.1, 0.15) is 11.6 Å². The Morgan fingerprint density at radius 3 is 2.32 bits per heavy atom. The van der Waals surface area contributed by atoms with Crippen LogP contribution < -0.4 is 4.74 Å². The molecule has 1 atom stereocenters. The number of hydrogen-bond acceptors (Lipinski definition) is 2. The topological polar surface area (TPSA) is 26.3 Å². The average Bonchev–Trinajstić information content (AvgIpc) is 2.38. The molecular weight excluding hydrogens is 263 g/mol. The van der Waals surface area contributed by atoms with Crippen molar-refractivity contribution in [3.8, 4) is 5.75 Å². The van der Waals surface area contributed by atoms with Crippen molar-refractivity contribution in [3.63, 3.8) is 0 Å². The molecule has 0 spiro atoms. The molecule has 0 fully saturated rings. The summed E-state index contributed by atoms with van der Waals surface area (Å²) in [6.45, 7) is 0. The number of ether oxygens (including phenoxy) is 1. The number of benzene rings is 2. The minimum atomic E-state index is -1.06. The Hall–Kier alpha value is -1.68. The standard InChI is InChI=1S/C15H15FO2S/c1-18-15-7-3-5-13(9-15)11-19(17)10-12-4-2-6-14(16)8-12/h2-9H,10-11H2,1H3/t19-/m0/s1. The molecule has 4 heteroatoms. The maximum atomic E-state index is 13.0. The second-order valence-corrected chi connectivity index (χ2v) is 5.67. The summed E-state index contributed by atoms with van der Waals surface area (Å²) < 4.78 is 30.2. The van der Waals surface area contributed by atoms with Gasteiger partial charge in [0, 0.05) is 22.3 Å². The Morgan fingerprint density at radius 2 is 1.68 bits per heavy atom. The molecule has 0 heterocycles. The highest BCUT2D eigenvalue weighted by Crippen LogP contribution is 2.15. The van der Waals surface area contributed by atoms with Crippen molar-refractivity contribution in [2.24, 2.45) is 0 Å². The van der Waals surface area contributed by atoms with Crippen molar-refractivity contribution < 1.29 is 13.3 Å². The summed E-state index contributed by atoms with van der Waals surface area (Å²) in [7, 11) is 0.537. The predicted octanol–water partition coefficient (Wildman–Crippen LogP) is 3.28. The lowest BCUT2D eigenvalue weighted by Crippen LogP contribution is -2.00. The molecule has 2 nitrogen and oxygen atoms in total. The van der Waals surface area contributed by atoms with Gasteiger partial charge in [0.25, 0.3) is 0 Å². The highest BCUT2D eigenvalue weighted by atomic mass is 32.2. The van der Waals surface area contributed by atoms with Crippen LogP contribution in [0.2, 0.25) is 0 Å². The van der Waals surface area contributed by atoms with Gasteiger partial charge < -0.3 is 4.74 Å². The molecule has 19 heavy (non-hydrogen) atoms. The maximum absolute atomic E-state index is 13.0. The molecule has 0 aliphatic carbocycles. The zero-order valence-electron chi connectivity index (χ0n) is 10.6. The molecule has 0 bridgehead atoms. The van der Waals surface area contributed by atoms with Crippen molar-refractivity contribution in [2.75, 3.05) is 7.11 Å². The predicted molar refractivity (Wildman–Crippen MR) is 74.9 cm³/mol. The fraction of sp³-hybridized carbons (Fsp3) is 0.200. The van der Waals surface area contributed by atoms with Crippen molar-refractivity contribution in [1.82, 2.24) is 0 Å². The molecule has 2 aromatic carbocycles. The van der Waals surface area contributed by atoms with Crippen molar-refractivity contribution >= 4 is 10.8 Å². The zero-order valence-corrected chi connectivity index (χ0v) is 11.5. The smallest absolute Gasteiger partial charge is 0.123 e. The van der Waals surface area contributed by atoms with E-state index in [1.54, 1.807) is 19.2 Å². The Morgan fingerprint density at radius 1 is 1.05 bits per heavy atom. The van der Waals surface area contributed by atoms with Crippen LogP contribution in [0.15, 0.2) is 48.5 Å². The number of halogens is 1. The molecular formula is C15H15FO2S. The van der Waals surface area contributed by atoms with E-state index < -0.39 is 10.8 Å². The van der Waals surface area contributed by atoms with Crippen LogP contribution in [-0.2, 0) is 22.3 Å². The molecule has 0 amide bonds. The molecule has 0 aliphatic heterocycles. The summed E-state index contributed by atoms with van der Waals surface area (Å²) in [4.78, 5) is 0. The van der Waals surface area contributed by atoms with Crippen LogP contribution in [0.5, 0.6) is 5.75 Å². The van der Waals surface area contributed by atoms with Gasteiger partial charge in [-0.05, 0) is 35.4 Å². The van der Waals surface area contributed by atoms with Gasteiger partial charge in [-0.1, -0.05) is 24.3 Å². The highest BCUT2D eigenvalue weighted by Gasteiger charge is 2.05. The van der Waals surface area contributed by atoms with E-state index in [-0.39, 0.29) is 5.82 Å². The Bertz CT molecular complexity index is 584. The number of rotatable bonds is 5. The van der Waals surface area contributed by atoms with Gasteiger partial charge in [0.05, 0.1) is 7.11 Å². The first kappa shape index (κ1) is 13.7. The van der Waals surface area contributed by atoms with E-state index in [2.05, 4.69) is 0 Å². The van der Waals surface area contributed by atoms with Crippen molar-refractivity contribution in [3.05, 3.63) is 65.5 Å². The Balaban J connectivity index is 2.01. The molecule has 2 rings (SSSR count). The van der Waals surface area contributed by atoms with Crippen molar-refractivity contribution in [1.29, 1.82) is 0 Å². The molecule has 0 saturated carbocycles. The van der Waals surface area contributed by atoms with Crippen LogP contribution in [0.25, 0.3) is 0 Å². The molecule has 0 aromatic heterocycles.